The maximum atomic E-state index is 12.5. The number of ether oxygens (including phenoxy) is 2. The zero-order valence-electron chi connectivity index (χ0n) is 16.5. The van der Waals surface area contributed by atoms with E-state index in [1.54, 1.807) is 0 Å². The highest BCUT2D eigenvalue weighted by Crippen LogP contribution is 2.49. The largest absolute Gasteiger partial charge is 0.486 e. The molecule has 1 amide bonds. The van der Waals surface area contributed by atoms with Gasteiger partial charge in [-0.15, -0.1) is 0 Å². The van der Waals surface area contributed by atoms with Crippen LogP contribution in [-0.4, -0.2) is 25.7 Å². The van der Waals surface area contributed by atoms with Gasteiger partial charge in [0.15, 0.2) is 11.5 Å². The summed E-state index contributed by atoms with van der Waals surface area (Å²) in [4.78, 5) is 12.5. The van der Waals surface area contributed by atoms with Crippen LogP contribution in [0.15, 0.2) is 42.5 Å². The van der Waals surface area contributed by atoms with Crippen LogP contribution in [0.25, 0.3) is 0 Å². The lowest BCUT2D eigenvalue weighted by Gasteiger charge is -2.19. The Balaban J connectivity index is 1.30. The number of rotatable bonds is 6. The molecular formula is C23H28N2O3. The number of hydrogen-bond donors (Lipinski definition) is 2. The van der Waals surface area contributed by atoms with Crippen molar-refractivity contribution in [3.8, 4) is 11.5 Å². The van der Waals surface area contributed by atoms with Crippen molar-refractivity contribution in [3.05, 3.63) is 59.2 Å². The van der Waals surface area contributed by atoms with E-state index in [9.17, 15) is 4.79 Å². The van der Waals surface area contributed by atoms with Gasteiger partial charge in [0, 0.05) is 18.5 Å². The summed E-state index contributed by atoms with van der Waals surface area (Å²) in [5.74, 6) is 2.40. The van der Waals surface area contributed by atoms with Crippen LogP contribution in [0.2, 0.25) is 0 Å². The Morgan fingerprint density at radius 1 is 1.07 bits per heavy atom. The monoisotopic (exact) mass is 380 g/mol. The average molecular weight is 380 g/mol. The summed E-state index contributed by atoms with van der Waals surface area (Å²) in [5.41, 5.74) is 9.74. The molecule has 28 heavy (non-hydrogen) atoms. The third-order valence-electron chi connectivity index (χ3n) is 5.65. The van der Waals surface area contributed by atoms with Crippen molar-refractivity contribution >= 4 is 5.91 Å². The highest BCUT2D eigenvalue weighted by atomic mass is 16.6. The molecule has 2 aliphatic rings. The lowest BCUT2D eigenvalue weighted by Crippen LogP contribution is -2.33. The first kappa shape index (κ1) is 18.8. The second kappa shape index (κ2) is 7.84. The van der Waals surface area contributed by atoms with Gasteiger partial charge in [-0.1, -0.05) is 44.2 Å². The summed E-state index contributed by atoms with van der Waals surface area (Å²) >= 11 is 0. The minimum absolute atomic E-state index is 0.0121. The summed E-state index contributed by atoms with van der Waals surface area (Å²) < 4.78 is 11.2. The quantitative estimate of drug-likeness (QED) is 0.804. The topological polar surface area (TPSA) is 73.6 Å². The maximum Gasteiger partial charge on any atom is 0.223 e. The Bertz CT molecular complexity index is 847. The molecule has 0 saturated heterocycles. The minimum Gasteiger partial charge on any atom is -0.486 e. The van der Waals surface area contributed by atoms with Gasteiger partial charge in [0.05, 0.1) is 0 Å². The normalized spacial score (nSPS) is 21.3. The molecule has 1 fully saturated rings. The average Bonchev–Trinajstić information content (AvgIpc) is 3.52. The zero-order chi connectivity index (χ0) is 19.7. The van der Waals surface area contributed by atoms with Crippen molar-refractivity contribution in [2.75, 3.05) is 19.8 Å². The minimum atomic E-state index is -0.198. The summed E-state index contributed by atoms with van der Waals surface area (Å²) in [6.07, 6.45) is 0.865. The standard InChI is InChI=1S/C23H28N2O3/c1-14(2)15-3-5-16(6-4-15)20(24)13-25-23(26)19-12-18(19)17-7-8-21-22(11-17)28-10-9-27-21/h3-8,11,14,18-20H,9-10,12-13,24H2,1-2H3,(H,25,26). The number of amides is 1. The maximum absolute atomic E-state index is 12.5. The molecule has 1 saturated carbocycles. The van der Waals surface area contributed by atoms with E-state index in [2.05, 4.69) is 43.4 Å². The second-order valence-corrected chi connectivity index (χ2v) is 8.02. The van der Waals surface area contributed by atoms with E-state index in [0.717, 1.165) is 29.0 Å². The van der Waals surface area contributed by atoms with Crippen LogP contribution in [0.4, 0.5) is 0 Å². The van der Waals surface area contributed by atoms with Crippen LogP contribution >= 0.6 is 0 Å². The van der Waals surface area contributed by atoms with Gasteiger partial charge in [0.25, 0.3) is 0 Å². The Hall–Kier alpha value is -2.53. The number of nitrogens with one attached hydrogen (secondary N) is 1. The predicted octanol–water partition coefficient (Wildman–Crippen LogP) is 3.50. The van der Waals surface area contributed by atoms with Crippen molar-refractivity contribution in [2.24, 2.45) is 11.7 Å². The first-order chi connectivity index (χ1) is 13.5. The van der Waals surface area contributed by atoms with Crippen LogP contribution in [0.3, 0.4) is 0 Å². The van der Waals surface area contributed by atoms with Crippen LogP contribution in [-0.2, 0) is 4.79 Å². The zero-order valence-corrected chi connectivity index (χ0v) is 16.5. The molecule has 5 nitrogen and oxygen atoms in total. The summed E-state index contributed by atoms with van der Waals surface area (Å²) in [6.45, 7) is 5.94. The first-order valence-corrected chi connectivity index (χ1v) is 10.1. The van der Waals surface area contributed by atoms with E-state index >= 15 is 0 Å². The fraction of sp³-hybridized carbons (Fsp3) is 0.435. The van der Waals surface area contributed by atoms with E-state index in [-0.39, 0.29) is 23.8 Å². The molecule has 3 atom stereocenters. The molecule has 3 unspecified atom stereocenters. The van der Waals surface area contributed by atoms with Gasteiger partial charge < -0.3 is 20.5 Å². The number of fused-ring (bicyclic) bond motifs is 1. The number of nitrogens with two attached hydrogens (primary N) is 1. The number of benzene rings is 2. The van der Waals surface area contributed by atoms with Gasteiger partial charge in [0.1, 0.15) is 13.2 Å². The van der Waals surface area contributed by atoms with Crippen LogP contribution in [0.5, 0.6) is 11.5 Å². The molecule has 3 N–H and O–H groups in total. The number of carbonyl (C=O) groups is 1. The Kier molecular flexibility index (Phi) is 5.27. The highest BCUT2D eigenvalue weighted by Gasteiger charge is 2.44. The van der Waals surface area contributed by atoms with Crippen LogP contribution in [0.1, 0.15) is 54.8 Å². The fourth-order valence-electron chi connectivity index (χ4n) is 3.73. The number of hydrogen-bond acceptors (Lipinski definition) is 4. The van der Waals surface area contributed by atoms with E-state index < -0.39 is 0 Å². The van der Waals surface area contributed by atoms with Gasteiger partial charge >= 0.3 is 0 Å². The molecule has 1 aliphatic heterocycles. The smallest absolute Gasteiger partial charge is 0.223 e. The predicted molar refractivity (Wildman–Crippen MR) is 109 cm³/mol. The van der Waals surface area contributed by atoms with E-state index in [1.807, 2.05) is 18.2 Å². The molecule has 1 heterocycles. The summed E-state index contributed by atoms with van der Waals surface area (Å²) in [5, 5.41) is 3.02. The van der Waals surface area contributed by atoms with Crippen LogP contribution < -0.4 is 20.5 Å². The molecule has 5 heteroatoms. The lowest BCUT2D eigenvalue weighted by atomic mass is 9.99. The summed E-state index contributed by atoms with van der Waals surface area (Å²) in [6, 6.07) is 14.1. The van der Waals surface area contributed by atoms with Crippen molar-refractivity contribution in [1.82, 2.24) is 5.32 Å². The first-order valence-electron chi connectivity index (χ1n) is 10.1. The number of carbonyl (C=O) groups excluding carboxylic acids is 1. The van der Waals surface area contributed by atoms with Gasteiger partial charge in [-0.05, 0) is 47.1 Å². The van der Waals surface area contributed by atoms with Crippen LogP contribution in [0, 0.1) is 5.92 Å². The summed E-state index contributed by atoms with van der Waals surface area (Å²) in [7, 11) is 0. The van der Waals surface area contributed by atoms with Crippen molar-refractivity contribution < 1.29 is 14.3 Å². The Morgan fingerprint density at radius 3 is 2.46 bits per heavy atom. The SMILES string of the molecule is CC(C)c1ccc(C(N)CNC(=O)C2CC2c2ccc3c(c2)OCCO3)cc1. The molecule has 4 rings (SSSR count). The molecule has 0 bridgehead atoms. The molecule has 148 valence electrons. The molecule has 0 radical (unpaired) electrons. The third-order valence-corrected chi connectivity index (χ3v) is 5.65. The van der Waals surface area contributed by atoms with Crippen molar-refractivity contribution in [3.63, 3.8) is 0 Å². The van der Waals surface area contributed by atoms with Gasteiger partial charge in [0.2, 0.25) is 5.91 Å². The highest BCUT2D eigenvalue weighted by molar-refractivity contribution is 5.83. The third kappa shape index (κ3) is 3.99. The van der Waals surface area contributed by atoms with Gasteiger partial charge in [-0.3, -0.25) is 4.79 Å². The van der Waals surface area contributed by atoms with Gasteiger partial charge in [-0.2, -0.15) is 0 Å². The van der Waals surface area contributed by atoms with Gasteiger partial charge in [-0.25, -0.2) is 0 Å². The molecule has 2 aromatic rings. The van der Waals surface area contributed by atoms with Crippen molar-refractivity contribution in [1.29, 1.82) is 0 Å². The van der Waals surface area contributed by atoms with E-state index in [0.29, 0.717) is 25.7 Å². The van der Waals surface area contributed by atoms with E-state index in [4.69, 9.17) is 15.2 Å². The fourth-order valence-corrected chi connectivity index (χ4v) is 3.73. The lowest BCUT2D eigenvalue weighted by molar-refractivity contribution is -0.122. The Morgan fingerprint density at radius 2 is 1.75 bits per heavy atom. The second-order valence-electron chi connectivity index (χ2n) is 8.02. The molecule has 0 aromatic heterocycles. The van der Waals surface area contributed by atoms with E-state index in [1.165, 1.54) is 5.56 Å². The molecule has 0 spiro atoms. The molecule has 2 aromatic carbocycles. The van der Waals surface area contributed by atoms with Crippen molar-refractivity contribution in [2.45, 2.75) is 38.1 Å². The molecular weight excluding hydrogens is 352 g/mol. The Labute approximate surface area is 166 Å². The molecule has 1 aliphatic carbocycles.